The molecule has 0 spiro atoms. The number of benzene rings is 1. The van der Waals surface area contributed by atoms with E-state index in [4.69, 9.17) is 14.2 Å². The van der Waals surface area contributed by atoms with Gasteiger partial charge in [-0.05, 0) is 25.2 Å². The van der Waals surface area contributed by atoms with Gasteiger partial charge in [-0.3, -0.25) is 0 Å². The fourth-order valence-corrected chi connectivity index (χ4v) is 2.38. The smallest absolute Gasteiger partial charge is 0.123 e. The summed E-state index contributed by atoms with van der Waals surface area (Å²) in [6, 6.07) is 5.84. The van der Waals surface area contributed by atoms with Gasteiger partial charge in [0.2, 0.25) is 0 Å². The molecule has 112 valence electrons. The van der Waals surface area contributed by atoms with E-state index >= 15 is 0 Å². The minimum Gasteiger partial charge on any atom is -0.497 e. The van der Waals surface area contributed by atoms with E-state index in [1.54, 1.807) is 14.2 Å². The van der Waals surface area contributed by atoms with Gasteiger partial charge in [-0.15, -0.1) is 0 Å². The van der Waals surface area contributed by atoms with Crippen molar-refractivity contribution in [2.24, 2.45) is 0 Å². The van der Waals surface area contributed by atoms with Crippen molar-refractivity contribution in [1.82, 2.24) is 10.2 Å². The number of hydrogen-bond acceptors (Lipinski definition) is 5. The minimum absolute atomic E-state index is 0.255. The van der Waals surface area contributed by atoms with Gasteiger partial charge in [-0.25, -0.2) is 0 Å². The van der Waals surface area contributed by atoms with E-state index in [1.165, 1.54) is 0 Å². The summed E-state index contributed by atoms with van der Waals surface area (Å²) in [5, 5.41) is 3.43. The van der Waals surface area contributed by atoms with Crippen LogP contribution in [0, 0.1) is 0 Å². The summed E-state index contributed by atoms with van der Waals surface area (Å²) in [5.41, 5.74) is 1.09. The van der Waals surface area contributed by atoms with Crippen LogP contribution in [0.5, 0.6) is 11.5 Å². The van der Waals surface area contributed by atoms with Gasteiger partial charge < -0.3 is 24.4 Å². The Morgan fingerprint density at radius 3 is 2.90 bits per heavy atom. The van der Waals surface area contributed by atoms with Crippen LogP contribution in [0.15, 0.2) is 18.2 Å². The first-order valence-electron chi connectivity index (χ1n) is 6.94. The zero-order valence-electron chi connectivity index (χ0n) is 12.5. The van der Waals surface area contributed by atoms with E-state index in [1.807, 2.05) is 18.2 Å². The van der Waals surface area contributed by atoms with Gasteiger partial charge in [-0.1, -0.05) is 0 Å². The highest BCUT2D eigenvalue weighted by Gasteiger charge is 2.17. The SMILES string of the molecule is COc1ccc(OC)c(CNC[C@@H]2CN(C)CCO2)c1. The third-order valence-corrected chi connectivity index (χ3v) is 3.52. The lowest BCUT2D eigenvalue weighted by molar-refractivity contribution is -0.0182. The standard InChI is InChI=1S/C15H24N2O3/c1-17-6-7-20-14(11-17)10-16-9-12-8-13(18-2)4-5-15(12)19-3/h4-5,8,14,16H,6-7,9-11H2,1-3H3/t14-/m1/s1. The molecule has 0 aromatic heterocycles. The lowest BCUT2D eigenvalue weighted by Gasteiger charge is -2.30. The Morgan fingerprint density at radius 1 is 1.35 bits per heavy atom. The molecule has 1 saturated heterocycles. The molecule has 0 bridgehead atoms. The Kier molecular flexibility index (Phi) is 5.64. The summed E-state index contributed by atoms with van der Waals surface area (Å²) in [6.45, 7) is 4.38. The number of morpholine rings is 1. The van der Waals surface area contributed by atoms with Crippen LogP contribution in [0.1, 0.15) is 5.56 Å². The van der Waals surface area contributed by atoms with Crippen LogP contribution >= 0.6 is 0 Å². The number of nitrogens with one attached hydrogen (secondary N) is 1. The van der Waals surface area contributed by atoms with Crippen LogP contribution in [-0.4, -0.2) is 58.5 Å². The molecule has 1 aromatic carbocycles. The summed E-state index contributed by atoms with van der Waals surface area (Å²) in [7, 11) is 5.48. The molecule has 5 heteroatoms. The van der Waals surface area contributed by atoms with Crippen molar-refractivity contribution in [2.75, 3.05) is 47.5 Å². The Bertz CT molecular complexity index is 426. The minimum atomic E-state index is 0.255. The van der Waals surface area contributed by atoms with Gasteiger partial charge >= 0.3 is 0 Å². The van der Waals surface area contributed by atoms with E-state index in [9.17, 15) is 0 Å². The fraction of sp³-hybridized carbons (Fsp3) is 0.600. The Balaban J connectivity index is 1.86. The molecule has 1 aromatic rings. The van der Waals surface area contributed by atoms with Crippen LogP contribution in [0.25, 0.3) is 0 Å². The highest BCUT2D eigenvalue weighted by molar-refractivity contribution is 5.40. The predicted molar refractivity (Wildman–Crippen MR) is 78.5 cm³/mol. The van der Waals surface area contributed by atoms with Gasteiger partial charge in [-0.2, -0.15) is 0 Å². The number of nitrogens with zero attached hydrogens (tertiary/aromatic N) is 1. The summed E-state index contributed by atoms with van der Waals surface area (Å²) >= 11 is 0. The molecule has 1 fully saturated rings. The number of methoxy groups -OCH3 is 2. The number of likely N-dealkylation sites (N-methyl/N-ethyl adjacent to an activating group) is 1. The molecule has 1 heterocycles. The molecule has 0 saturated carbocycles. The van der Waals surface area contributed by atoms with Gasteiger partial charge in [0.25, 0.3) is 0 Å². The van der Waals surface area contributed by atoms with E-state index in [-0.39, 0.29) is 6.10 Å². The Morgan fingerprint density at radius 2 is 2.20 bits per heavy atom. The summed E-state index contributed by atoms with van der Waals surface area (Å²) in [5.74, 6) is 1.72. The monoisotopic (exact) mass is 280 g/mol. The molecule has 20 heavy (non-hydrogen) atoms. The maximum Gasteiger partial charge on any atom is 0.123 e. The second kappa shape index (κ2) is 7.47. The topological polar surface area (TPSA) is 43.0 Å². The molecule has 0 unspecified atom stereocenters. The number of rotatable bonds is 6. The van der Waals surface area contributed by atoms with Crippen molar-refractivity contribution in [3.63, 3.8) is 0 Å². The van der Waals surface area contributed by atoms with Crippen LogP contribution in [0.2, 0.25) is 0 Å². The predicted octanol–water partition coefficient (Wildman–Crippen LogP) is 1.12. The average molecular weight is 280 g/mol. The zero-order valence-corrected chi connectivity index (χ0v) is 12.5. The van der Waals surface area contributed by atoms with E-state index in [2.05, 4.69) is 17.3 Å². The second-order valence-electron chi connectivity index (χ2n) is 5.06. The molecule has 1 aliphatic rings. The highest BCUT2D eigenvalue weighted by atomic mass is 16.5. The van der Waals surface area contributed by atoms with E-state index in [0.717, 1.165) is 49.8 Å². The van der Waals surface area contributed by atoms with Crippen molar-refractivity contribution in [2.45, 2.75) is 12.6 Å². The molecule has 0 aliphatic carbocycles. The molecule has 0 radical (unpaired) electrons. The first-order chi connectivity index (χ1) is 9.72. The molecule has 2 rings (SSSR count). The van der Waals surface area contributed by atoms with Crippen LogP contribution < -0.4 is 14.8 Å². The Labute approximate surface area is 120 Å². The maximum absolute atomic E-state index is 5.73. The summed E-state index contributed by atoms with van der Waals surface area (Å²) < 4.78 is 16.3. The number of ether oxygens (including phenoxy) is 3. The molecule has 5 nitrogen and oxygen atoms in total. The average Bonchev–Trinajstić information content (AvgIpc) is 2.47. The molecular weight excluding hydrogens is 256 g/mol. The molecular formula is C15H24N2O3. The molecule has 1 atom stereocenters. The number of hydrogen-bond donors (Lipinski definition) is 1. The van der Waals surface area contributed by atoms with Gasteiger partial charge in [0, 0.05) is 31.7 Å². The quantitative estimate of drug-likeness (QED) is 0.846. The fourth-order valence-electron chi connectivity index (χ4n) is 2.38. The second-order valence-corrected chi connectivity index (χ2v) is 5.06. The van der Waals surface area contributed by atoms with Crippen molar-refractivity contribution in [1.29, 1.82) is 0 Å². The first-order valence-corrected chi connectivity index (χ1v) is 6.94. The van der Waals surface area contributed by atoms with Gasteiger partial charge in [0.15, 0.2) is 0 Å². The van der Waals surface area contributed by atoms with Crippen molar-refractivity contribution >= 4 is 0 Å². The lowest BCUT2D eigenvalue weighted by Crippen LogP contribution is -2.44. The summed E-state index contributed by atoms with van der Waals surface area (Å²) in [6.07, 6.45) is 0.255. The third-order valence-electron chi connectivity index (χ3n) is 3.52. The largest absolute Gasteiger partial charge is 0.497 e. The van der Waals surface area contributed by atoms with Gasteiger partial charge in [0.1, 0.15) is 11.5 Å². The van der Waals surface area contributed by atoms with Crippen LogP contribution in [-0.2, 0) is 11.3 Å². The highest BCUT2D eigenvalue weighted by Crippen LogP contribution is 2.23. The van der Waals surface area contributed by atoms with Crippen LogP contribution in [0.4, 0.5) is 0 Å². The zero-order chi connectivity index (χ0) is 14.4. The normalized spacial score (nSPS) is 19.9. The third kappa shape index (κ3) is 4.10. The maximum atomic E-state index is 5.73. The molecule has 1 N–H and O–H groups in total. The van der Waals surface area contributed by atoms with Crippen LogP contribution in [0.3, 0.4) is 0 Å². The first kappa shape index (κ1) is 15.1. The molecule has 0 amide bonds. The van der Waals surface area contributed by atoms with Crippen molar-refractivity contribution < 1.29 is 14.2 Å². The van der Waals surface area contributed by atoms with E-state index in [0.29, 0.717) is 0 Å². The van der Waals surface area contributed by atoms with E-state index < -0.39 is 0 Å². The van der Waals surface area contributed by atoms with Crippen molar-refractivity contribution in [3.05, 3.63) is 23.8 Å². The van der Waals surface area contributed by atoms with Crippen molar-refractivity contribution in [3.8, 4) is 11.5 Å². The summed E-state index contributed by atoms with van der Waals surface area (Å²) in [4.78, 5) is 2.29. The molecule has 1 aliphatic heterocycles. The lowest BCUT2D eigenvalue weighted by atomic mass is 10.2. The van der Waals surface area contributed by atoms with Gasteiger partial charge in [0.05, 0.1) is 26.9 Å². The Hall–Kier alpha value is -1.30.